The summed E-state index contributed by atoms with van der Waals surface area (Å²) in [5.74, 6) is -0.308. The third-order valence-corrected chi connectivity index (χ3v) is 3.12. The number of benzene rings is 1. The first kappa shape index (κ1) is 16.5. The molecule has 0 aliphatic carbocycles. The average molecular weight is 343 g/mol. The third kappa shape index (κ3) is 6.06. The van der Waals surface area contributed by atoms with E-state index in [1.54, 1.807) is 26.8 Å². The molecule has 20 heavy (non-hydrogen) atoms. The fraction of sp³-hybridized carbons (Fsp3) is 0.429. The van der Waals surface area contributed by atoms with Crippen LogP contribution >= 0.6 is 15.9 Å². The molecule has 0 saturated carbocycles. The van der Waals surface area contributed by atoms with Gasteiger partial charge in [0.2, 0.25) is 5.91 Å². The maximum Gasteiger partial charge on any atom is 0.408 e. The zero-order chi connectivity index (χ0) is 15.3. The SMILES string of the molecule is Cc1cc(NC(=O)CNC(=O)OC(C)(C)C)ccc1Br. The van der Waals surface area contributed by atoms with E-state index in [2.05, 4.69) is 26.6 Å². The number of alkyl carbamates (subject to hydrolysis) is 1. The number of aryl methyl sites for hydroxylation is 1. The summed E-state index contributed by atoms with van der Waals surface area (Å²) in [5.41, 5.74) is 1.12. The van der Waals surface area contributed by atoms with Crippen molar-refractivity contribution in [2.24, 2.45) is 0 Å². The van der Waals surface area contributed by atoms with Crippen LogP contribution in [-0.2, 0) is 9.53 Å². The number of amides is 2. The average Bonchev–Trinajstić information content (AvgIpc) is 2.29. The topological polar surface area (TPSA) is 67.4 Å². The maximum atomic E-state index is 11.7. The molecule has 110 valence electrons. The number of ether oxygens (including phenoxy) is 1. The Bertz CT molecular complexity index is 510. The van der Waals surface area contributed by atoms with Gasteiger partial charge < -0.3 is 15.4 Å². The van der Waals surface area contributed by atoms with Gasteiger partial charge in [-0.3, -0.25) is 4.79 Å². The van der Waals surface area contributed by atoms with Crippen LogP contribution in [-0.4, -0.2) is 24.1 Å². The van der Waals surface area contributed by atoms with Crippen LogP contribution in [0.15, 0.2) is 22.7 Å². The Morgan fingerprint density at radius 3 is 2.50 bits per heavy atom. The van der Waals surface area contributed by atoms with Crippen molar-refractivity contribution in [2.45, 2.75) is 33.3 Å². The highest BCUT2D eigenvalue weighted by Crippen LogP contribution is 2.19. The van der Waals surface area contributed by atoms with Crippen molar-refractivity contribution in [2.75, 3.05) is 11.9 Å². The summed E-state index contributed by atoms with van der Waals surface area (Å²) in [6, 6.07) is 5.48. The van der Waals surface area contributed by atoms with Crippen molar-refractivity contribution >= 4 is 33.6 Å². The molecule has 0 fully saturated rings. The highest BCUT2D eigenvalue weighted by molar-refractivity contribution is 9.10. The Balaban J connectivity index is 2.44. The van der Waals surface area contributed by atoms with E-state index < -0.39 is 11.7 Å². The fourth-order valence-electron chi connectivity index (χ4n) is 1.39. The minimum absolute atomic E-state index is 0.135. The summed E-state index contributed by atoms with van der Waals surface area (Å²) < 4.78 is 6.01. The molecule has 0 radical (unpaired) electrons. The number of carbonyl (C=O) groups excluding carboxylic acids is 2. The molecule has 5 nitrogen and oxygen atoms in total. The smallest absolute Gasteiger partial charge is 0.408 e. The molecule has 6 heteroatoms. The molecule has 0 spiro atoms. The van der Waals surface area contributed by atoms with Crippen molar-refractivity contribution in [1.29, 1.82) is 0 Å². The number of anilines is 1. The number of halogens is 1. The van der Waals surface area contributed by atoms with Crippen molar-refractivity contribution in [1.82, 2.24) is 5.32 Å². The molecule has 0 atom stereocenters. The summed E-state index contributed by atoms with van der Waals surface area (Å²) in [4.78, 5) is 23.1. The molecule has 0 heterocycles. The Kier molecular flexibility index (Phi) is 5.56. The summed E-state index contributed by atoms with van der Waals surface area (Å²) in [6.07, 6.45) is -0.611. The van der Waals surface area contributed by atoms with Gasteiger partial charge in [-0.15, -0.1) is 0 Å². The zero-order valence-corrected chi connectivity index (χ0v) is 13.6. The lowest BCUT2D eigenvalue weighted by atomic mass is 10.2. The van der Waals surface area contributed by atoms with Gasteiger partial charge in [0.05, 0.1) is 0 Å². The van der Waals surface area contributed by atoms with Gasteiger partial charge in [-0.05, 0) is 51.5 Å². The van der Waals surface area contributed by atoms with Crippen molar-refractivity contribution < 1.29 is 14.3 Å². The molecule has 1 aromatic rings. The van der Waals surface area contributed by atoms with Gasteiger partial charge >= 0.3 is 6.09 Å². The lowest BCUT2D eigenvalue weighted by Crippen LogP contribution is -2.37. The maximum absolute atomic E-state index is 11.7. The molecule has 2 amide bonds. The van der Waals surface area contributed by atoms with Crippen molar-refractivity contribution in [3.05, 3.63) is 28.2 Å². The van der Waals surface area contributed by atoms with E-state index in [0.29, 0.717) is 5.69 Å². The van der Waals surface area contributed by atoms with Crippen molar-refractivity contribution in [3.63, 3.8) is 0 Å². The molecule has 1 rings (SSSR count). The number of carbonyl (C=O) groups is 2. The Hall–Kier alpha value is -1.56. The first-order valence-corrected chi connectivity index (χ1v) is 6.99. The van der Waals surface area contributed by atoms with Crippen LogP contribution in [0.25, 0.3) is 0 Å². The summed E-state index contributed by atoms with van der Waals surface area (Å²) in [6.45, 7) is 7.08. The highest BCUT2D eigenvalue weighted by Gasteiger charge is 2.16. The Labute approximate surface area is 127 Å². The number of hydrogen-bond acceptors (Lipinski definition) is 3. The molecule has 0 unspecified atom stereocenters. The van der Waals surface area contributed by atoms with E-state index in [0.717, 1.165) is 10.0 Å². The lowest BCUT2D eigenvalue weighted by molar-refractivity contribution is -0.115. The first-order chi connectivity index (χ1) is 9.17. The minimum Gasteiger partial charge on any atom is -0.444 e. The van der Waals surface area contributed by atoms with Crippen LogP contribution < -0.4 is 10.6 Å². The third-order valence-electron chi connectivity index (χ3n) is 2.23. The highest BCUT2D eigenvalue weighted by atomic mass is 79.9. The second-order valence-corrected chi connectivity index (χ2v) is 6.22. The van der Waals surface area contributed by atoms with Crippen LogP contribution in [0.5, 0.6) is 0 Å². The number of nitrogens with one attached hydrogen (secondary N) is 2. The molecule has 1 aromatic carbocycles. The van der Waals surface area contributed by atoms with E-state index in [9.17, 15) is 9.59 Å². The van der Waals surface area contributed by atoms with E-state index in [1.165, 1.54) is 0 Å². The standard InChI is InChI=1S/C14H19BrN2O3/c1-9-7-10(5-6-11(9)15)17-12(18)8-16-13(19)20-14(2,3)4/h5-7H,8H2,1-4H3,(H,16,19)(H,17,18). The summed E-state index contributed by atoms with van der Waals surface area (Å²) in [5, 5.41) is 5.10. The van der Waals surface area contributed by atoms with E-state index >= 15 is 0 Å². The van der Waals surface area contributed by atoms with E-state index in [4.69, 9.17) is 4.74 Å². The van der Waals surface area contributed by atoms with E-state index in [-0.39, 0.29) is 12.5 Å². The van der Waals surface area contributed by atoms with Crippen LogP contribution in [0.3, 0.4) is 0 Å². The van der Waals surface area contributed by atoms with Crippen LogP contribution in [0.4, 0.5) is 10.5 Å². The molecule has 0 bridgehead atoms. The monoisotopic (exact) mass is 342 g/mol. The predicted molar refractivity (Wildman–Crippen MR) is 81.7 cm³/mol. The lowest BCUT2D eigenvalue weighted by Gasteiger charge is -2.19. The summed E-state index contributed by atoms with van der Waals surface area (Å²) in [7, 11) is 0. The normalized spacial score (nSPS) is 10.8. The largest absolute Gasteiger partial charge is 0.444 e. The molecular formula is C14H19BrN2O3. The minimum atomic E-state index is -0.611. The second kappa shape index (κ2) is 6.74. The molecule has 0 aromatic heterocycles. The second-order valence-electron chi connectivity index (χ2n) is 5.37. The fourth-order valence-corrected chi connectivity index (χ4v) is 1.64. The molecular weight excluding hydrogens is 324 g/mol. The van der Waals surface area contributed by atoms with Crippen LogP contribution in [0, 0.1) is 6.92 Å². The van der Waals surface area contributed by atoms with Gasteiger partial charge in [-0.25, -0.2) is 4.79 Å². The molecule has 0 aliphatic heterocycles. The van der Waals surface area contributed by atoms with E-state index in [1.807, 2.05) is 19.1 Å². The van der Waals surface area contributed by atoms with Gasteiger partial charge in [0.25, 0.3) is 0 Å². The Morgan fingerprint density at radius 1 is 1.30 bits per heavy atom. The number of rotatable bonds is 3. The number of hydrogen-bond donors (Lipinski definition) is 2. The summed E-state index contributed by atoms with van der Waals surface area (Å²) >= 11 is 3.39. The molecule has 0 aliphatic rings. The molecule has 0 saturated heterocycles. The van der Waals surface area contributed by atoms with Crippen LogP contribution in [0.2, 0.25) is 0 Å². The van der Waals surface area contributed by atoms with Gasteiger partial charge in [0.1, 0.15) is 12.1 Å². The van der Waals surface area contributed by atoms with Crippen LogP contribution in [0.1, 0.15) is 26.3 Å². The Morgan fingerprint density at radius 2 is 1.95 bits per heavy atom. The van der Waals surface area contributed by atoms with Gasteiger partial charge in [0.15, 0.2) is 0 Å². The molecule has 2 N–H and O–H groups in total. The van der Waals surface area contributed by atoms with Crippen molar-refractivity contribution in [3.8, 4) is 0 Å². The first-order valence-electron chi connectivity index (χ1n) is 6.20. The van der Waals surface area contributed by atoms with Gasteiger partial charge in [0, 0.05) is 10.2 Å². The predicted octanol–water partition coefficient (Wildman–Crippen LogP) is 3.22. The van der Waals surface area contributed by atoms with Gasteiger partial charge in [-0.1, -0.05) is 15.9 Å². The quantitative estimate of drug-likeness (QED) is 0.886. The van der Waals surface area contributed by atoms with Gasteiger partial charge in [-0.2, -0.15) is 0 Å². The zero-order valence-electron chi connectivity index (χ0n) is 12.0.